The van der Waals surface area contributed by atoms with Crippen LogP contribution in [-0.2, 0) is 37.5 Å². The Balaban J connectivity index is 4.46. The predicted octanol–water partition coefficient (Wildman–Crippen LogP) is 12.0. The Kier molecular flexibility index (Phi) is 38.9. The van der Waals surface area contributed by atoms with Crippen molar-refractivity contribution in [3.8, 4) is 0 Å². The summed E-state index contributed by atoms with van der Waals surface area (Å²) in [4.78, 5) is 46.0. The number of esters is 2. The van der Waals surface area contributed by atoms with Crippen molar-refractivity contribution in [2.24, 2.45) is 5.73 Å². The third-order valence-corrected chi connectivity index (χ3v) is 10.2. The van der Waals surface area contributed by atoms with Gasteiger partial charge in [0, 0.05) is 12.8 Å². The first-order valence-electron chi connectivity index (χ1n) is 22.3. The van der Waals surface area contributed by atoms with Gasteiger partial charge in [-0.25, -0.2) is 4.57 Å². The number of aliphatic carboxylic acids is 1. The van der Waals surface area contributed by atoms with Crippen molar-refractivity contribution in [3.05, 3.63) is 60.8 Å². The zero-order valence-corrected chi connectivity index (χ0v) is 37.0. The molecule has 12 heteroatoms. The Labute approximate surface area is 351 Å². The van der Waals surface area contributed by atoms with Crippen molar-refractivity contribution in [2.75, 3.05) is 19.8 Å². The maximum atomic E-state index is 12.6. The molecule has 0 spiro atoms. The minimum Gasteiger partial charge on any atom is -0.480 e. The van der Waals surface area contributed by atoms with Crippen molar-refractivity contribution >= 4 is 25.7 Å². The van der Waals surface area contributed by atoms with E-state index < -0.39 is 51.1 Å². The Bertz CT molecular complexity index is 1210. The molecule has 0 aliphatic carbocycles. The lowest BCUT2D eigenvalue weighted by Gasteiger charge is -2.20. The molecule has 11 nitrogen and oxygen atoms in total. The van der Waals surface area contributed by atoms with Gasteiger partial charge in [0.25, 0.3) is 0 Å². The smallest absolute Gasteiger partial charge is 0.472 e. The number of carbonyl (C=O) groups excluding carboxylic acids is 2. The van der Waals surface area contributed by atoms with Crippen LogP contribution in [-0.4, -0.2) is 59.9 Å². The molecular formula is C46H80NO10P. The summed E-state index contributed by atoms with van der Waals surface area (Å²) >= 11 is 0. The molecule has 0 aromatic carbocycles. The van der Waals surface area contributed by atoms with Crippen LogP contribution >= 0.6 is 7.82 Å². The van der Waals surface area contributed by atoms with Crippen molar-refractivity contribution in [3.63, 3.8) is 0 Å². The van der Waals surface area contributed by atoms with Crippen molar-refractivity contribution < 1.29 is 47.5 Å². The highest BCUT2D eigenvalue weighted by atomic mass is 31.2. The van der Waals surface area contributed by atoms with E-state index in [2.05, 4.69) is 73.1 Å². The second-order valence-corrected chi connectivity index (χ2v) is 16.3. The first-order chi connectivity index (χ1) is 28.1. The molecule has 0 aliphatic rings. The van der Waals surface area contributed by atoms with Gasteiger partial charge in [-0.2, -0.15) is 0 Å². The number of allylic oxidation sites excluding steroid dienone is 10. The van der Waals surface area contributed by atoms with Crippen LogP contribution < -0.4 is 5.73 Å². The topological polar surface area (TPSA) is 172 Å². The van der Waals surface area contributed by atoms with E-state index in [9.17, 15) is 23.8 Å². The molecule has 0 aromatic rings. The molecule has 0 radical (unpaired) electrons. The third-order valence-electron chi connectivity index (χ3n) is 9.24. The molecule has 3 atom stereocenters. The van der Waals surface area contributed by atoms with Gasteiger partial charge in [-0.15, -0.1) is 0 Å². The number of hydrogen-bond donors (Lipinski definition) is 3. The lowest BCUT2D eigenvalue weighted by molar-refractivity contribution is -0.161. The Morgan fingerprint density at radius 3 is 1.45 bits per heavy atom. The van der Waals surface area contributed by atoms with Crippen molar-refractivity contribution in [1.29, 1.82) is 0 Å². The fourth-order valence-corrected chi connectivity index (χ4v) is 6.48. The second-order valence-electron chi connectivity index (χ2n) is 14.8. The Hall–Kier alpha value is -2.82. The molecule has 334 valence electrons. The maximum absolute atomic E-state index is 12.6. The van der Waals surface area contributed by atoms with Crippen molar-refractivity contribution in [1.82, 2.24) is 0 Å². The van der Waals surface area contributed by atoms with Crippen LogP contribution in [0.25, 0.3) is 0 Å². The van der Waals surface area contributed by atoms with Crippen LogP contribution in [0.1, 0.15) is 181 Å². The monoisotopic (exact) mass is 838 g/mol. The van der Waals surface area contributed by atoms with Gasteiger partial charge in [0.15, 0.2) is 6.10 Å². The SMILES string of the molecule is CCCCC/C=C/C/C=C/C/C=C/CCCCCCC(=O)O[C@H](COC(=O)CCC/C=C/C/C=C/CCCCCCCCCCC)COP(=O)(O)OC[C@H](N)C(=O)O. The minimum absolute atomic E-state index is 0.125. The molecule has 0 saturated carbocycles. The number of phosphoric ester groups is 1. The van der Waals surface area contributed by atoms with E-state index in [-0.39, 0.29) is 19.4 Å². The molecular weight excluding hydrogens is 757 g/mol. The molecule has 0 heterocycles. The fourth-order valence-electron chi connectivity index (χ4n) is 5.70. The number of carboxylic acid groups (broad SMARTS) is 1. The number of carbonyl (C=O) groups is 3. The van der Waals surface area contributed by atoms with Gasteiger partial charge >= 0.3 is 25.7 Å². The van der Waals surface area contributed by atoms with Gasteiger partial charge in [0.2, 0.25) is 0 Å². The Morgan fingerprint density at radius 1 is 0.534 bits per heavy atom. The van der Waals surface area contributed by atoms with Crippen LogP contribution in [0.4, 0.5) is 0 Å². The summed E-state index contributed by atoms with van der Waals surface area (Å²) in [6.07, 6.45) is 47.2. The van der Waals surface area contributed by atoms with Gasteiger partial charge in [-0.1, -0.05) is 152 Å². The zero-order chi connectivity index (χ0) is 42.8. The average Bonchev–Trinajstić information content (AvgIpc) is 3.20. The normalized spacial score (nSPS) is 14.3. The lowest BCUT2D eigenvalue weighted by atomic mass is 10.1. The number of phosphoric acid groups is 1. The number of unbranched alkanes of at least 4 members (excludes halogenated alkanes) is 17. The van der Waals surface area contributed by atoms with Crippen molar-refractivity contribution in [2.45, 2.75) is 193 Å². The molecule has 0 amide bonds. The summed E-state index contributed by atoms with van der Waals surface area (Å²) < 4.78 is 32.6. The van der Waals surface area contributed by atoms with Gasteiger partial charge < -0.3 is 25.2 Å². The minimum atomic E-state index is -4.73. The molecule has 0 saturated heterocycles. The van der Waals surface area contributed by atoms with Crippen LogP contribution in [0, 0.1) is 0 Å². The summed E-state index contributed by atoms with van der Waals surface area (Å²) in [5.74, 6) is -2.47. The molecule has 1 unspecified atom stereocenters. The highest BCUT2D eigenvalue weighted by Gasteiger charge is 2.28. The van der Waals surface area contributed by atoms with Gasteiger partial charge in [-0.05, 0) is 77.0 Å². The molecule has 0 fully saturated rings. The number of carboxylic acids is 1. The molecule has 0 bridgehead atoms. The first kappa shape index (κ1) is 55.2. The highest BCUT2D eigenvalue weighted by Crippen LogP contribution is 2.43. The molecule has 4 N–H and O–H groups in total. The largest absolute Gasteiger partial charge is 0.480 e. The third kappa shape index (κ3) is 40.0. The second kappa shape index (κ2) is 40.9. The van der Waals surface area contributed by atoms with Gasteiger partial charge in [0.1, 0.15) is 12.6 Å². The van der Waals surface area contributed by atoms with E-state index in [0.29, 0.717) is 19.3 Å². The summed E-state index contributed by atoms with van der Waals surface area (Å²) in [6.45, 7) is 2.71. The lowest BCUT2D eigenvalue weighted by Crippen LogP contribution is -2.34. The van der Waals surface area contributed by atoms with E-state index in [1.165, 1.54) is 77.0 Å². The van der Waals surface area contributed by atoms with Crippen LogP contribution in [0.3, 0.4) is 0 Å². The Morgan fingerprint density at radius 2 is 0.931 bits per heavy atom. The van der Waals surface area contributed by atoms with Gasteiger partial charge in [0.05, 0.1) is 13.2 Å². The van der Waals surface area contributed by atoms with E-state index in [4.69, 9.17) is 24.8 Å². The molecule has 58 heavy (non-hydrogen) atoms. The van der Waals surface area contributed by atoms with E-state index in [1.54, 1.807) is 0 Å². The highest BCUT2D eigenvalue weighted by molar-refractivity contribution is 7.47. The maximum Gasteiger partial charge on any atom is 0.472 e. The number of nitrogens with two attached hydrogens (primary N) is 1. The molecule has 0 rings (SSSR count). The van der Waals surface area contributed by atoms with Crippen LogP contribution in [0.2, 0.25) is 0 Å². The van der Waals surface area contributed by atoms with E-state index in [0.717, 1.165) is 57.8 Å². The van der Waals surface area contributed by atoms with E-state index >= 15 is 0 Å². The zero-order valence-electron chi connectivity index (χ0n) is 36.1. The average molecular weight is 838 g/mol. The number of hydrogen-bond acceptors (Lipinski definition) is 9. The summed E-state index contributed by atoms with van der Waals surface area (Å²) in [7, 11) is -4.73. The fraction of sp³-hybridized carbons (Fsp3) is 0.717. The van der Waals surface area contributed by atoms with E-state index in [1.807, 2.05) is 6.08 Å². The molecule has 0 aromatic heterocycles. The number of ether oxygens (including phenoxy) is 2. The predicted molar refractivity (Wildman–Crippen MR) is 235 cm³/mol. The van der Waals surface area contributed by atoms with Gasteiger partial charge in [-0.3, -0.25) is 23.4 Å². The summed E-state index contributed by atoms with van der Waals surface area (Å²) in [5.41, 5.74) is 5.33. The number of rotatable bonds is 41. The summed E-state index contributed by atoms with van der Waals surface area (Å²) in [5, 5.41) is 8.89. The quantitative estimate of drug-likeness (QED) is 0.0231. The molecule has 0 aliphatic heterocycles. The van der Waals surface area contributed by atoms with Crippen LogP contribution in [0.15, 0.2) is 60.8 Å². The first-order valence-corrected chi connectivity index (χ1v) is 23.8. The van der Waals surface area contributed by atoms with Crippen LogP contribution in [0.5, 0.6) is 0 Å². The summed E-state index contributed by atoms with van der Waals surface area (Å²) in [6, 6.07) is -1.53. The standard InChI is InChI=1S/C46H80NO10P/c1-3-5-7-9-11-13-15-17-19-21-23-25-27-29-31-33-35-37-44(48)54-39-42(40-55-58(52,53)56-41-43(47)46(50)51)57-45(49)38-36-34-32-30-28-26-24-22-20-18-16-14-12-10-8-6-4-2/h12,14,18,20,23-26,29,31,42-43H,3-11,13,15-17,19,21-22,27-28,30,32-41,47H2,1-2H3,(H,50,51)(H,52,53)/b14-12+,20-18+,25-23+,26-24+,31-29+/t42-,43+/m1/s1.